The van der Waals surface area contributed by atoms with E-state index in [9.17, 15) is 0 Å². The SMILES string of the molecule is CCOc1ccccc1-c1noc(CN(Cc2sccc2C)C(C)C)n1. The van der Waals surface area contributed by atoms with Gasteiger partial charge in [-0.15, -0.1) is 11.3 Å². The Morgan fingerprint density at radius 3 is 2.69 bits per heavy atom. The molecule has 26 heavy (non-hydrogen) atoms. The molecule has 0 saturated carbocycles. The third-order valence-corrected chi connectivity index (χ3v) is 5.29. The highest BCUT2D eigenvalue weighted by molar-refractivity contribution is 7.10. The lowest BCUT2D eigenvalue weighted by atomic mass is 10.2. The van der Waals surface area contributed by atoms with Crippen LogP contribution in [-0.4, -0.2) is 27.7 Å². The monoisotopic (exact) mass is 371 g/mol. The molecule has 0 aliphatic heterocycles. The molecule has 0 aliphatic rings. The number of ether oxygens (including phenoxy) is 1. The normalized spacial score (nSPS) is 11.5. The highest BCUT2D eigenvalue weighted by Crippen LogP contribution is 2.28. The highest BCUT2D eigenvalue weighted by Gasteiger charge is 2.18. The molecular formula is C20H25N3O2S. The van der Waals surface area contributed by atoms with Crippen LogP contribution in [0.1, 0.15) is 37.1 Å². The summed E-state index contributed by atoms with van der Waals surface area (Å²) in [5.74, 6) is 1.96. The van der Waals surface area contributed by atoms with Gasteiger partial charge in [0.15, 0.2) is 0 Å². The van der Waals surface area contributed by atoms with E-state index in [0.29, 0.717) is 30.9 Å². The molecule has 0 amide bonds. The molecule has 0 fully saturated rings. The van der Waals surface area contributed by atoms with Crippen LogP contribution in [0.25, 0.3) is 11.4 Å². The lowest BCUT2D eigenvalue weighted by Crippen LogP contribution is -2.29. The van der Waals surface area contributed by atoms with E-state index in [0.717, 1.165) is 17.9 Å². The number of thiophene rings is 1. The number of hydrogen-bond donors (Lipinski definition) is 0. The van der Waals surface area contributed by atoms with Gasteiger partial charge in [0.1, 0.15) is 5.75 Å². The maximum atomic E-state index is 5.67. The van der Waals surface area contributed by atoms with Crippen molar-refractivity contribution in [2.24, 2.45) is 0 Å². The number of hydrogen-bond acceptors (Lipinski definition) is 6. The second kappa shape index (κ2) is 8.47. The van der Waals surface area contributed by atoms with Gasteiger partial charge >= 0.3 is 0 Å². The standard InChI is InChI=1S/C20H25N3O2S/c1-5-24-17-9-7-6-8-16(17)20-21-19(25-22-20)13-23(14(2)3)12-18-15(4)10-11-26-18/h6-11,14H,5,12-13H2,1-4H3. The molecule has 3 rings (SSSR count). The van der Waals surface area contributed by atoms with Crippen molar-refractivity contribution in [2.75, 3.05) is 6.61 Å². The highest BCUT2D eigenvalue weighted by atomic mass is 32.1. The lowest BCUT2D eigenvalue weighted by molar-refractivity contribution is 0.178. The predicted molar refractivity (Wildman–Crippen MR) is 104 cm³/mol. The van der Waals surface area contributed by atoms with Crippen LogP contribution >= 0.6 is 11.3 Å². The van der Waals surface area contributed by atoms with Crippen molar-refractivity contribution in [1.82, 2.24) is 15.0 Å². The molecule has 6 heteroatoms. The van der Waals surface area contributed by atoms with Crippen LogP contribution < -0.4 is 4.74 Å². The Bertz CT molecular complexity index is 841. The molecule has 5 nitrogen and oxygen atoms in total. The lowest BCUT2D eigenvalue weighted by Gasteiger charge is -2.24. The van der Waals surface area contributed by atoms with Crippen LogP contribution in [0.2, 0.25) is 0 Å². The van der Waals surface area contributed by atoms with E-state index in [1.165, 1.54) is 10.4 Å². The fourth-order valence-electron chi connectivity index (χ4n) is 2.71. The third kappa shape index (κ3) is 4.31. The Morgan fingerprint density at radius 1 is 1.19 bits per heavy atom. The number of aromatic nitrogens is 2. The van der Waals surface area contributed by atoms with E-state index < -0.39 is 0 Å². The Morgan fingerprint density at radius 2 is 2.00 bits per heavy atom. The van der Waals surface area contributed by atoms with E-state index >= 15 is 0 Å². The molecule has 2 heterocycles. The average Bonchev–Trinajstić information content (AvgIpc) is 3.24. The van der Waals surface area contributed by atoms with Crippen molar-refractivity contribution in [1.29, 1.82) is 0 Å². The largest absolute Gasteiger partial charge is 0.493 e. The van der Waals surface area contributed by atoms with Gasteiger partial charge in [-0.2, -0.15) is 4.98 Å². The van der Waals surface area contributed by atoms with Gasteiger partial charge in [0, 0.05) is 17.5 Å². The number of rotatable bonds is 8. The molecule has 0 saturated heterocycles. The number of benzene rings is 1. The Labute approximate surface area is 158 Å². The average molecular weight is 372 g/mol. The zero-order valence-electron chi connectivity index (χ0n) is 15.7. The maximum Gasteiger partial charge on any atom is 0.241 e. The van der Waals surface area contributed by atoms with Crippen molar-refractivity contribution >= 4 is 11.3 Å². The van der Waals surface area contributed by atoms with Crippen LogP contribution in [0.5, 0.6) is 5.75 Å². The summed E-state index contributed by atoms with van der Waals surface area (Å²) in [5.41, 5.74) is 2.19. The van der Waals surface area contributed by atoms with E-state index in [-0.39, 0.29) is 0 Å². The fourth-order valence-corrected chi connectivity index (χ4v) is 3.64. The number of nitrogens with zero attached hydrogens (tertiary/aromatic N) is 3. The van der Waals surface area contributed by atoms with Gasteiger partial charge in [0.05, 0.1) is 18.7 Å². The van der Waals surface area contributed by atoms with Gasteiger partial charge < -0.3 is 9.26 Å². The minimum Gasteiger partial charge on any atom is -0.493 e. The zero-order chi connectivity index (χ0) is 18.5. The predicted octanol–water partition coefficient (Wildman–Crippen LogP) is 4.92. The summed E-state index contributed by atoms with van der Waals surface area (Å²) in [6, 6.07) is 10.3. The van der Waals surface area contributed by atoms with Crippen LogP contribution in [0.4, 0.5) is 0 Å². The van der Waals surface area contributed by atoms with Crippen molar-refractivity contribution < 1.29 is 9.26 Å². The summed E-state index contributed by atoms with van der Waals surface area (Å²) in [6.45, 7) is 10.6. The van der Waals surface area contributed by atoms with E-state index in [4.69, 9.17) is 9.26 Å². The summed E-state index contributed by atoms with van der Waals surface area (Å²) in [4.78, 5) is 8.31. The number of aryl methyl sites for hydroxylation is 1. The van der Waals surface area contributed by atoms with Gasteiger partial charge in [-0.1, -0.05) is 17.3 Å². The smallest absolute Gasteiger partial charge is 0.241 e. The zero-order valence-corrected chi connectivity index (χ0v) is 16.5. The molecule has 0 aliphatic carbocycles. The quantitative estimate of drug-likeness (QED) is 0.563. The first-order chi connectivity index (χ1) is 12.6. The van der Waals surface area contributed by atoms with Crippen molar-refractivity contribution in [3.63, 3.8) is 0 Å². The molecule has 0 spiro atoms. The molecule has 0 N–H and O–H groups in total. The van der Waals surface area contributed by atoms with Gasteiger partial charge in [0.25, 0.3) is 0 Å². The summed E-state index contributed by atoms with van der Waals surface area (Å²) < 4.78 is 11.2. The van der Waals surface area contributed by atoms with E-state index in [1.807, 2.05) is 31.2 Å². The van der Waals surface area contributed by atoms with E-state index in [2.05, 4.69) is 47.3 Å². The summed E-state index contributed by atoms with van der Waals surface area (Å²) in [6.07, 6.45) is 0. The van der Waals surface area contributed by atoms with Crippen LogP contribution in [0.15, 0.2) is 40.2 Å². The third-order valence-electron chi connectivity index (χ3n) is 4.28. The number of para-hydroxylation sites is 1. The second-order valence-electron chi connectivity index (χ2n) is 6.47. The van der Waals surface area contributed by atoms with E-state index in [1.54, 1.807) is 11.3 Å². The minimum atomic E-state index is 0.377. The van der Waals surface area contributed by atoms with Gasteiger partial charge in [-0.25, -0.2) is 0 Å². The molecule has 138 valence electrons. The van der Waals surface area contributed by atoms with Crippen LogP contribution in [0, 0.1) is 6.92 Å². The van der Waals surface area contributed by atoms with Crippen molar-refractivity contribution in [3.8, 4) is 17.1 Å². The molecule has 0 atom stereocenters. The fraction of sp³-hybridized carbons (Fsp3) is 0.400. The Kier molecular flexibility index (Phi) is 6.06. The first-order valence-corrected chi connectivity index (χ1v) is 9.78. The summed E-state index contributed by atoms with van der Waals surface area (Å²) >= 11 is 1.79. The van der Waals surface area contributed by atoms with Gasteiger partial charge in [0.2, 0.25) is 11.7 Å². The molecule has 0 unspecified atom stereocenters. The second-order valence-corrected chi connectivity index (χ2v) is 7.47. The molecule has 1 aromatic carbocycles. The van der Waals surface area contributed by atoms with Crippen molar-refractivity contribution in [3.05, 3.63) is 52.0 Å². The molecule has 3 aromatic rings. The minimum absolute atomic E-state index is 0.377. The van der Waals surface area contributed by atoms with Crippen LogP contribution in [0.3, 0.4) is 0 Å². The molecule has 0 radical (unpaired) electrons. The maximum absolute atomic E-state index is 5.67. The molecule has 2 aromatic heterocycles. The Hall–Kier alpha value is -2.18. The van der Waals surface area contributed by atoms with Gasteiger partial charge in [-0.3, -0.25) is 4.90 Å². The molecular weight excluding hydrogens is 346 g/mol. The first kappa shape index (κ1) is 18.6. The first-order valence-electron chi connectivity index (χ1n) is 8.90. The summed E-state index contributed by atoms with van der Waals surface area (Å²) in [5, 5.41) is 6.30. The van der Waals surface area contributed by atoms with Gasteiger partial charge in [-0.05, 0) is 56.8 Å². The summed E-state index contributed by atoms with van der Waals surface area (Å²) in [7, 11) is 0. The topological polar surface area (TPSA) is 51.4 Å². The molecule has 0 bridgehead atoms. The van der Waals surface area contributed by atoms with Crippen LogP contribution in [-0.2, 0) is 13.1 Å². The van der Waals surface area contributed by atoms with Crippen molar-refractivity contribution in [2.45, 2.75) is 46.8 Å². The Balaban J connectivity index is 1.77.